The number of amides is 1. The van der Waals surface area contributed by atoms with Crippen LogP contribution in [-0.4, -0.2) is 28.8 Å². The number of nitro benzene ring substituents is 1. The van der Waals surface area contributed by atoms with Crippen molar-refractivity contribution < 1.29 is 9.72 Å². The molecule has 1 heterocycles. The van der Waals surface area contributed by atoms with Crippen molar-refractivity contribution in [1.29, 1.82) is 0 Å². The number of carbonyl (C=O) groups excluding carboxylic acids is 1. The molecule has 1 aliphatic heterocycles. The van der Waals surface area contributed by atoms with Gasteiger partial charge in [0.2, 0.25) is 0 Å². The van der Waals surface area contributed by atoms with E-state index in [1.54, 1.807) is 12.1 Å². The van der Waals surface area contributed by atoms with Gasteiger partial charge in [0.25, 0.3) is 11.6 Å². The topological polar surface area (TPSA) is 75.5 Å². The van der Waals surface area contributed by atoms with Crippen LogP contribution in [0.5, 0.6) is 0 Å². The number of para-hydroxylation sites is 2. The minimum absolute atomic E-state index is 0.0305. The number of hydrogen-bond acceptors (Lipinski definition) is 4. The Hall–Kier alpha value is -3.15. The highest BCUT2D eigenvalue weighted by Crippen LogP contribution is 2.52. The molecule has 5 rings (SSSR count). The molecule has 1 saturated carbocycles. The number of hydrogen-bond donors (Lipinski definition) is 1. The summed E-state index contributed by atoms with van der Waals surface area (Å²) < 4.78 is 0. The van der Waals surface area contributed by atoms with Gasteiger partial charge in [0, 0.05) is 25.1 Å². The Kier molecular flexibility index (Phi) is 5.45. The fraction of sp³-hybridized carbons (Fsp3) is 0.423. The van der Waals surface area contributed by atoms with Crippen molar-refractivity contribution in [2.24, 2.45) is 5.92 Å². The number of nitrogens with one attached hydrogen (secondary N) is 1. The fourth-order valence-corrected chi connectivity index (χ4v) is 5.85. The van der Waals surface area contributed by atoms with Crippen molar-refractivity contribution in [3.63, 3.8) is 0 Å². The number of nitrogens with zero attached hydrogens (tertiary/aromatic N) is 2. The van der Waals surface area contributed by atoms with Gasteiger partial charge in [0.1, 0.15) is 0 Å². The van der Waals surface area contributed by atoms with Crippen molar-refractivity contribution in [2.75, 3.05) is 12.4 Å². The van der Waals surface area contributed by atoms with E-state index in [1.807, 2.05) is 36.2 Å². The average Bonchev–Trinajstić information content (AvgIpc) is 3.33. The van der Waals surface area contributed by atoms with Gasteiger partial charge in [-0.05, 0) is 36.8 Å². The van der Waals surface area contributed by atoms with Crippen molar-refractivity contribution >= 4 is 17.3 Å². The largest absolute Gasteiger partial charge is 0.377 e. The summed E-state index contributed by atoms with van der Waals surface area (Å²) in [5.74, 6) is 0.358. The molecule has 3 atom stereocenters. The quantitative estimate of drug-likeness (QED) is 0.376. The van der Waals surface area contributed by atoms with Crippen LogP contribution in [-0.2, 0) is 0 Å². The highest BCUT2D eigenvalue weighted by Gasteiger charge is 2.41. The minimum atomic E-state index is -0.308. The molecule has 6 nitrogen and oxygen atoms in total. The molecule has 1 amide bonds. The average molecular weight is 432 g/mol. The molecular weight excluding hydrogens is 402 g/mol. The van der Waals surface area contributed by atoms with E-state index in [0.29, 0.717) is 11.1 Å². The van der Waals surface area contributed by atoms with Crippen LogP contribution in [0.25, 0.3) is 0 Å². The summed E-state index contributed by atoms with van der Waals surface area (Å²) in [7, 11) is 1.92. The molecule has 2 aliphatic carbocycles. The third kappa shape index (κ3) is 3.48. The molecule has 166 valence electrons. The zero-order valence-corrected chi connectivity index (χ0v) is 18.4. The minimum Gasteiger partial charge on any atom is -0.377 e. The highest BCUT2D eigenvalue weighted by molar-refractivity contribution is 6.01. The SMILES string of the molecule is CN(C(=O)c1cccc2c1NC(c1ccccc1[N+](=O)[O-])C1CC=CC21)C1CCCCC1. The van der Waals surface area contributed by atoms with Gasteiger partial charge in [-0.25, -0.2) is 0 Å². The van der Waals surface area contributed by atoms with Gasteiger partial charge in [-0.1, -0.05) is 61.7 Å². The number of fused-ring (bicyclic) bond motifs is 3. The monoisotopic (exact) mass is 431 g/mol. The van der Waals surface area contributed by atoms with Gasteiger partial charge in [-0.15, -0.1) is 0 Å². The third-order valence-corrected chi connectivity index (χ3v) is 7.54. The number of nitro groups is 1. The van der Waals surface area contributed by atoms with E-state index in [0.717, 1.165) is 30.5 Å². The lowest BCUT2D eigenvalue weighted by Crippen LogP contribution is -2.39. The van der Waals surface area contributed by atoms with Crippen molar-refractivity contribution in [3.05, 3.63) is 81.4 Å². The molecule has 1 N–H and O–H groups in total. The maximum Gasteiger partial charge on any atom is 0.274 e. The van der Waals surface area contributed by atoms with Gasteiger partial charge in [-0.3, -0.25) is 14.9 Å². The maximum absolute atomic E-state index is 13.6. The Morgan fingerprint density at radius 1 is 1.06 bits per heavy atom. The number of allylic oxidation sites excluding steroid dienone is 2. The predicted octanol–water partition coefficient (Wildman–Crippen LogP) is 5.83. The van der Waals surface area contributed by atoms with E-state index in [9.17, 15) is 14.9 Å². The Labute approximate surface area is 188 Å². The highest BCUT2D eigenvalue weighted by atomic mass is 16.6. The van der Waals surface area contributed by atoms with E-state index in [4.69, 9.17) is 0 Å². The summed E-state index contributed by atoms with van der Waals surface area (Å²) in [6.07, 6.45) is 10.9. The van der Waals surface area contributed by atoms with E-state index >= 15 is 0 Å². The van der Waals surface area contributed by atoms with Crippen LogP contribution < -0.4 is 5.32 Å². The summed E-state index contributed by atoms with van der Waals surface area (Å²) in [5, 5.41) is 15.3. The second kappa shape index (κ2) is 8.41. The molecule has 0 saturated heterocycles. The summed E-state index contributed by atoms with van der Waals surface area (Å²) in [5.41, 5.74) is 3.42. The second-order valence-electron chi connectivity index (χ2n) is 9.27. The first kappa shape index (κ1) is 20.7. The summed E-state index contributed by atoms with van der Waals surface area (Å²) in [4.78, 5) is 26.9. The van der Waals surface area contributed by atoms with E-state index in [1.165, 1.54) is 19.3 Å². The van der Waals surface area contributed by atoms with Crippen LogP contribution in [0.2, 0.25) is 0 Å². The van der Waals surface area contributed by atoms with Gasteiger partial charge in [-0.2, -0.15) is 0 Å². The van der Waals surface area contributed by atoms with Gasteiger partial charge in [0.15, 0.2) is 0 Å². The summed E-state index contributed by atoms with van der Waals surface area (Å²) in [6.45, 7) is 0. The number of benzene rings is 2. The molecule has 2 aromatic carbocycles. The van der Waals surface area contributed by atoms with Crippen LogP contribution in [0.15, 0.2) is 54.6 Å². The molecular formula is C26H29N3O3. The number of anilines is 1. The van der Waals surface area contributed by atoms with Crippen LogP contribution in [0.1, 0.15) is 72.0 Å². The first-order valence-electron chi connectivity index (χ1n) is 11.6. The van der Waals surface area contributed by atoms with Crippen LogP contribution in [0.4, 0.5) is 11.4 Å². The lowest BCUT2D eigenvalue weighted by molar-refractivity contribution is -0.385. The molecule has 32 heavy (non-hydrogen) atoms. The predicted molar refractivity (Wildman–Crippen MR) is 125 cm³/mol. The lowest BCUT2D eigenvalue weighted by Gasteiger charge is -2.39. The summed E-state index contributed by atoms with van der Waals surface area (Å²) in [6, 6.07) is 13.0. The second-order valence-corrected chi connectivity index (χ2v) is 9.27. The fourth-order valence-electron chi connectivity index (χ4n) is 5.85. The molecule has 0 radical (unpaired) electrons. The zero-order chi connectivity index (χ0) is 22.2. The Balaban J connectivity index is 1.55. The molecule has 3 unspecified atom stereocenters. The molecule has 6 heteroatoms. The zero-order valence-electron chi connectivity index (χ0n) is 18.4. The molecule has 0 aromatic heterocycles. The third-order valence-electron chi connectivity index (χ3n) is 7.54. The molecule has 0 bridgehead atoms. The van der Waals surface area contributed by atoms with Crippen LogP contribution >= 0.6 is 0 Å². The first-order chi connectivity index (χ1) is 15.6. The first-order valence-corrected chi connectivity index (χ1v) is 11.6. The van der Waals surface area contributed by atoms with Crippen LogP contribution in [0.3, 0.4) is 0 Å². The van der Waals surface area contributed by atoms with E-state index in [-0.39, 0.29) is 40.4 Å². The van der Waals surface area contributed by atoms with Crippen molar-refractivity contribution in [1.82, 2.24) is 4.90 Å². The molecule has 0 spiro atoms. The molecule has 2 aromatic rings. The normalized spacial score (nSPS) is 24.3. The van der Waals surface area contributed by atoms with E-state index < -0.39 is 0 Å². The van der Waals surface area contributed by atoms with Crippen LogP contribution in [0, 0.1) is 16.0 Å². The smallest absolute Gasteiger partial charge is 0.274 e. The van der Waals surface area contributed by atoms with E-state index in [2.05, 4.69) is 23.5 Å². The van der Waals surface area contributed by atoms with Crippen molar-refractivity contribution in [3.8, 4) is 0 Å². The Bertz CT molecular complexity index is 1070. The van der Waals surface area contributed by atoms with Gasteiger partial charge >= 0.3 is 0 Å². The lowest BCUT2D eigenvalue weighted by atomic mass is 9.76. The molecule has 1 fully saturated rings. The molecule has 3 aliphatic rings. The standard InChI is InChI=1S/C26H29N3O3/c1-28(17-9-3-2-4-10-17)26(30)22-15-8-14-20-18-12-7-13-19(18)24(27-25(20)22)21-11-5-6-16-23(21)29(31)32/h5-8,11-12,14-19,24,27H,2-4,9-10,13H2,1H3. The Morgan fingerprint density at radius 2 is 1.81 bits per heavy atom. The van der Waals surface area contributed by atoms with Crippen molar-refractivity contribution in [2.45, 2.75) is 56.5 Å². The number of carbonyl (C=O) groups is 1. The number of rotatable bonds is 4. The van der Waals surface area contributed by atoms with Gasteiger partial charge < -0.3 is 10.2 Å². The Morgan fingerprint density at radius 3 is 2.59 bits per heavy atom. The summed E-state index contributed by atoms with van der Waals surface area (Å²) >= 11 is 0. The van der Waals surface area contributed by atoms with Gasteiger partial charge in [0.05, 0.1) is 27.8 Å². The maximum atomic E-state index is 13.6.